The third-order valence-corrected chi connectivity index (χ3v) is 3.37. The van der Waals surface area contributed by atoms with Crippen LogP contribution in [0.5, 0.6) is 0 Å². The minimum atomic E-state index is -1.14. The van der Waals surface area contributed by atoms with E-state index in [1.807, 2.05) is 0 Å². The second kappa shape index (κ2) is 5.57. The summed E-state index contributed by atoms with van der Waals surface area (Å²) in [7, 11) is 0. The summed E-state index contributed by atoms with van der Waals surface area (Å²) in [5.74, 6) is -2.17. The summed E-state index contributed by atoms with van der Waals surface area (Å²) < 4.78 is 13.0. The van der Waals surface area contributed by atoms with Crippen molar-refractivity contribution in [3.63, 3.8) is 0 Å². The number of aromatic carboxylic acids is 1. The molecule has 0 aliphatic carbocycles. The van der Waals surface area contributed by atoms with Crippen molar-refractivity contribution in [2.24, 2.45) is 0 Å². The smallest absolute Gasteiger partial charge is 0.352 e. The zero-order valence-electron chi connectivity index (χ0n) is 11.3. The maximum Gasteiger partial charge on any atom is 0.352 e. The van der Waals surface area contributed by atoms with Gasteiger partial charge in [-0.05, 0) is 37.6 Å². The van der Waals surface area contributed by atoms with E-state index in [9.17, 15) is 14.0 Å². The Kier molecular flexibility index (Phi) is 3.99. The van der Waals surface area contributed by atoms with Crippen molar-refractivity contribution in [2.75, 3.05) is 5.32 Å². The van der Waals surface area contributed by atoms with Crippen LogP contribution in [-0.2, 0) is 0 Å². The van der Waals surface area contributed by atoms with Crippen LogP contribution in [0.15, 0.2) is 18.2 Å². The Morgan fingerprint density at radius 2 is 2.00 bits per heavy atom. The molecule has 3 N–H and O–H groups in total. The van der Waals surface area contributed by atoms with Gasteiger partial charge in [-0.1, -0.05) is 11.6 Å². The number of aromatic amines is 1. The van der Waals surface area contributed by atoms with Gasteiger partial charge in [0.15, 0.2) is 0 Å². The number of rotatable bonds is 3. The van der Waals surface area contributed by atoms with Gasteiger partial charge in [0.1, 0.15) is 11.5 Å². The number of benzene rings is 1. The van der Waals surface area contributed by atoms with Crippen LogP contribution in [-0.4, -0.2) is 22.0 Å². The van der Waals surface area contributed by atoms with E-state index in [4.69, 9.17) is 16.7 Å². The van der Waals surface area contributed by atoms with E-state index in [1.165, 1.54) is 19.1 Å². The fourth-order valence-corrected chi connectivity index (χ4v) is 2.29. The van der Waals surface area contributed by atoms with Gasteiger partial charge in [-0.3, -0.25) is 4.79 Å². The lowest BCUT2D eigenvalue weighted by Gasteiger charge is -2.08. The molecule has 0 unspecified atom stereocenters. The fourth-order valence-electron chi connectivity index (χ4n) is 2.08. The molecule has 2 rings (SSSR count). The highest BCUT2D eigenvalue weighted by molar-refractivity contribution is 6.34. The van der Waals surface area contributed by atoms with E-state index in [2.05, 4.69) is 10.3 Å². The van der Waals surface area contributed by atoms with Crippen molar-refractivity contribution in [1.29, 1.82) is 0 Å². The van der Waals surface area contributed by atoms with Gasteiger partial charge in [-0.25, -0.2) is 9.18 Å². The van der Waals surface area contributed by atoms with Crippen LogP contribution >= 0.6 is 11.6 Å². The van der Waals surface area contributed by atoms with Crippen LogP contribution in [0.4, 0.5) is 10.1 Å². The Balaban J connectivity index is 2.35. The first-order valence-corrected chi connectivity index (χ1v) is 6.38. The fraction of sp³-hybridized carbons (Fsp3) is 0.143. The molecule has 0 fully saturated rings. The third-order valence-electron chi connectivity index (χ3n) is 3.06. The summed E-state index contributed by atoms with van der Waals surface area (Å²) in [6.07, 6.45) is 0. The molecule has 0 saturated carbocycles. The Bertz CT molecular complexity index is 740. The van der Waals surface area contributed by atoms with Crippen molar-refractivity contribution < 1.29 is 19.1 Å². The van der Waals surface area contributed by atoms with E-state index >= 15 is 0 Å². The number of amides is 1. The van der Waals surface area contributed by atoms with E-state index in [0.29, 0.717) is 11.3 Å². The summed E-state index contributed by atoms with van der Waals surface area (Å²) in [5, 5.41) is 11.6. The summed E-state index contributed by atoms with van der Waals surface area (Å²) in [6.45, 7) is 3.13. The predicted octanol–water partition coefficient (Wildman–Crippen LogP) is 3.37. The van der Waals surface area contributed by atoms with Gasteiger partial charge >= 0.3 is 5.97 Å². The molecular formula is C14H12ClFN2O3. The van der Waals surface area contributed by atoms with Gasteiger partial charge in [0.05, 0.1) is 16.3 Å². The minimum absolute atomic E-state index is 0.0390. The van der Waals surface area contributed by atoms with Crippen LogP contribution in [0.3, 0.4) is 0 Å². The van der Waals surface area contributed by atoms with E-state index in [0.717, 1.165) is 6.07 Å². The average Bonchev–Trinajstić information content (AvgIpc) is 2.68. The topological polar surface area (TPSA) is 82.2 Å². The van der Waals surface area contributed by atoms with Gasteiger partial charge in [0.2, 0.25) is 0 Å². The van der Waals surface area contributed by atoms with Crippen LogP contribution in [0.1, 0.15) is 32.1 Å². The Morgan fingerprint density at radius 1 is 1.33 bits per heavy atom. The van der Waals surface area contributed by atoms with Crippen molar-refractivity contribution >= 4 is 29.2 Å². The molecule has 0 aliphatic rings. The monoisotopic (exact) mass is 310 g/mol. The number of carboxylic acids is 1. The molecule has 0 radical (unpaired) electrons. The van der Waals surface area contributed by atoms with Crippen LogP contribution < -0.4 is 5.32 Å². The number of anilines is 1. The zero-order chi connectivity index (χ0) is 15.7. The SMILES string of the molecule is Cc1[nH]c(C(=O)O)c(C)c1C(=O)Nc1ccc(F)cc1Cl. The lowest BCUT2D eigenvalue weighted by atomic mass is 10.1. The molecule has 7 heteroatoms. The van der Waals surface area contributed by atoms with Crippen LogP contribution in [0.2, 0.25) is 5.02 Å². The largest absolute Gasteiger partial charge is 0.477 e. The normalized spacial score (nSPS) is 10.5. The van der Waals surface area contributed by atoms with Crippen molar-refractivity contribution in [3.8, 4) is 0 Å². The van der Waals surface area contributed by atoms with Gasteiger partial charge in [0, 0.05) is 5.69 Å². The summed E-state index contributed by atoms with van der Waals surface area (Å²) in [4.78, 5) is 25.9. The van der Waals surface area contributed by atoms with Crippen molar-refractivity contribution in [2.45, 2.75) is 13.8 Å². The summed E-state index contributed by atoms with van der Waals surface area (Å²) in [6, 6.07) is 3.59. The van der Waals surface area contributed by atoms with Gasteiger partial charge in [-0.15, -0.1) is 0 Å². The lowest BCUT2D eigenvalue weighted by Crippen LogP contribution is -2.14. The first kappa shape index (κ1) is 15.1. The second-order valence-electron chi connectivity index (χ2n) is 4.51. The van der Waals surface area contributed by atoms with Gasteiger partial charge < -0.3 is 15.4 Å². The molecule has 5 nitrogen and oxygen atoms in total. The highest BCUT2D eigenvalue weighted by Crippen LogP contribution is 2.25. The second-order valence-corrected chi connectivity index (χ2v) is 4.92. The quantitative estimate of drug-likeness (QED) is 0.813. The molecule has 21 heavy (non-hydrogen) atoms. The molecule has 1 aromatic heterocycles. The molecule has 0 atom stereocenters. The van der Waals surface area contributed by atoms with E-state index in [1.54, 1.807) is 6.92 Å². The molecule has 0 aliphatic heterocycles. The van der Waals surface area contributed by atoms with E-state index in [-0.39, 0.29) is 22.0 Å². The number of nitrogens with one attached hydrogen (secondary N) is 2. The Morgan fingerprint density at radius 3 is 2.52 bits per heavy atom. The minimum Gasteiger partial charge on any atom is -0.477 e. The lowest BCUT2D eigenvalue weighted by molar-refractivity contribution is 0.0690. The third kappa shape index (κ3) is 2.90. The standard InChI is InChI=1S/C14H12ClFN2O3/c1-6-11(7(2)17-12(6)14(20)21)13(19)18-10-4-3-8(16)5-9(10)15/h3-5,17H,1-2H3,(H,18,19)(H,20,21). The van der Waals surface area contributed by atoms with Gasteiger partial charge in [0.25, 0.3) is 5.91 Å². The molecule has 110 valence electrons. The summed E-state index contributed by atoms with van der Waals surface area (Å²) in [5.41, 5.74) is 1.20. The van der Waals surface area contributed by atoms with Crippen molar-refractivity contribution in [3.05, 3.63) is 51.6 Å². The molecule has 1 heterocycles. The number of halogens is 2. The number of hydrogen-bond acceptors (Lipinski definition) is 2. The molecule has 0 spiro atoms. The molecular weight excluding hydrogens is 299 g/mol. The Labute approximate surface area is 124 Å². The number of H-pyrrole nitrogens is 1. The van der Waals surface area contributed by atoms with E-state index < -0.39 is 17.7 Å². The molecule has 0 bridgehead atoms. The van der Waals surface area contributed by atoms with Crippen LogP contribution in [0.25, 0.3) is 0 Å². The predicted molar refractivity (Wildman–Crippen MR) is 76.6 cm³/mol. The number of carbonyl (C=O) groups excluding carboxylic acids is 1. The average molecular weight is 311 g/mol. The number of carbonyl (C=O) groups is 2. The number of aromatic nitrogens is 1. The molecule has 1 aromatic carbocycles. The number of aryl methyl sites for hydroxylation is 1. The Hall–Kier alpha value is -2.34. The highest BCUT2D eigenvalue weighted by atomic mass is 35.5. The number of hydrogen-bond donors (Lipinski definition) is 3. The first-order chi connectivity index (χ1) is 9.81. The van der Waals surface area contributed by atoms with Crippen LogP contribution in [0, 0.1) is 19.7 Å². The van der Waals surface area contributed by atoms with Gasteiger partial charge in [-0.2, -0.15) is 0 Å². The van der Waals surface area contributed by atoms with Crippen molar-refractivity contribution in [1.82, 2.24) is 4.98 Å². The highest BCUT2D eigenvalue weighted by Gasteiger charge is 2.22. The first-order valence-electron chi connectivity index (χ1n) is 6.00. The maximum absolute atomic E-state index is 13.0. The molecule has 2 aromatic rings. The zero-order valence-corrected chi connectivity index (χ0v) is 12.0. The molecule has 0 saturated heterocycles. The maximum atomic E-state index is 13.0. The number of carboxylic acid groups (broad SMARTS) is 1. The molecule has 1 amide bonds. The summed E-state index contributed by atoms with van der Waals surface area (Å²) >= 11 is 5.84.